The number of amides is 1. The number of nitrogens with zero attached hydrogens (tertiary/aromatic N) is 3. The zero-order valence-electron chi connectivity index (χ0n) is 14.9. The van der Waals surface area contributed by atoms with E-state index in [1.807, 2.05) is 48.5 Å². The number of thioether (sulfide) groups is 1. The summed E-state index contributed by atoms with van der Waals surface area (Å²) in [5, 5.41) is 13.3. The van der Waals surface area contributed by atoms with E-state index in [-0.39, 0.29) is 5.91 Å². The van der Waals surface area contributed by atoms with Crippen LogP contribution >= 0.6 is 23.4 Å². The molecule has 0 atom stereocenters. The SMILES string of the molecule is CC(=O)Nc1cccc(-n2c(SCc3ccccc3Cl)nnc2C2CC2)c1. The molecule has 3 aromatic rings. The van der Waals surface area contributed by atoms with Crippen molar-refractivity contribution >= 4 is 35.0 Å². The van der Waals surface area contributed by atoms with Gasteiger partial charge < -0.3 is 5.32 Å². The van der Waals surface area contributed by atoms with Gasteiger partial charge in [-0.2, -0.15) is 0 Å². The first-order valence-corrected chi connectivity index (χ1v) is 10.2. The quantitative estimate of drug-likeness (QED) is 0.590. The highest BCUT2D eigenvalue weighted by Gasteiger charge is 2.31. The summed E-state index contributed by atoms with van der Waals surface area (Å²) in [6.07, 6.45) is 2.28. The largest absolute Gasteiger partial charge is 0.326 e. The maximum atomic E-state index is 11.4. The van der Waals surface area contributed by atoms with E-state index in [4.69, 9.17) is 11.6 Å². The van der Waals surface area contributed by atoms with Gasteiger partial charge in [0.1, 0.15) is 5.82 Å². The number of hydrogen-bond donors (Lipinski definition) is 1. The Bertz CT molecular complexity index is 984. The molecule has 1 saturated carbocycles. The van der Waals surface area contributed by atoms with Crippen LogP contribution in [0.2, 0.25) is 5.02 Å². The second-order valence-corrected chi connectivity index (χ2v) is 7.91. The summed E-state index contributed by atoms with van der Waals surface area (Å²) in [6.45, 7) is 1.51. The van der Waals surface area contributed by atoms with Gasteiger partial charge in [-0.25, -0.2) is 0 Å². The fraction of sp³-hybridized carbons (Fsp3) is 0.250. The first kappa shape index (κ1) is 18.1. The van der Waals surface area contributed by atoms with Crippen molar-refractivity contribution in [2.75, 3.05) is 5.32 Å². The van der Waals surface area contributed by atoms with Gasteiger partial charge in [0.25, 0.3) is 0 Å². The molecule has 0 saturated heterocycles. The number of hydrogen-bond acceptors (Lipinski definition) is 4. The van der Waals surface area contributed by atoms with Crippen LogP contribution in [0.5, 0.6) is 0 Å². The van der Waals surface area contributed by atoms with Crippen LogP contribution in [0.25, 0.3) is 5.69 Å². The normalized spacial score (nSPS) is 13.6. The van der Waals surface area contributed by atoms with Crippen molar-refractivity contribution in [2.24, 2.45) is 0 Å². The van der Waals surface area contributed by atoms with E-state index >= 15 is 0 Å². The average molecular weight is 399 g/mol. The molecule has 5 nitrogen and oxygen atoms in total. The van der Waals surface area contributed by atoms with E-state index in [0.29, 0.717) is 11.7 Å². The Hall–Kier alpha value is -2.31. The molecule has 27 heavy (non-hydrogen) atoms. The van der Waals surface area contributed by atoms with E-state index in [9.17, 15) is 4.79 Å². The molecule has 7 heteroatoms. The fourth-order valence-corrected chi connectivity index (χ4v) is 4.15. The second kappa shape index (κ2) is 7.74. The lowest BCUT2D eigenvalue weighted by Gasteiger charge is -2.12. The zero-order valence-corrected chi connectivity index (χ0v) is 16.4. The van der Waals surface area contributed by atoms with Gasteiger partial charge in [0.05, 0.1) is 5.69 Å². The van der Waals surface area contributed by atoms with Gasteiger partial charge in [-0.1, -0.05) is 47.6 Å². The molecular weight excluding hydrogens is 380 g/mol. The average Bonchev–Trinajstić information content (AvgIpc) is 3.40. The molecule has 0 aliphatic heterocycles. The summed E-state index contributed by atoms with van der Waals surface area (Å²) >= 11 is 7.90. The van der Waals surface area contributed by atoms with Crippen molar-refractivity contribution in [1.29, 1.82) is 0 Å². The number of halogens is 1. The van der Waals surface area contributed by atoms with Crippen LogP contribution in [0.3, 0.4) is 0 Å². The van der Waals surface area contributed by atoms with Crippen LogP contribution in [0.15, 0.2) is 53.7 Å². The van der Waals surface area contributed by atoms with E-state index in [1.54, 1.807) is 11.8 Å². The summed E-state index contributed by atoms with van der Waals surface area (Å²) in [6, 6.07) is 15.6. The molecule has 1 aromatic heterocycles. The molecule has 0 spiro atoms. The number of anilines is 1. The molecule has 0 radical (unpaired) electrons. The number of nitrogens with one attached hydrogen (secondary N) is 1. The highest BCUT2D eigenvalue weighted by atomic mass is 35.5. The van der Waals surface area contributed by atoms with Crippen molar-refractivity contribution in [2.45, 2.75) is 36.6 Å². The topological polar surface area (TPSA) is 59.8 Å². The predicted octanol–water partition coefficient (Wildman–Crippen LogP) is 5.05. The first-order valence-electron chi connectivity index (χ1n) is 8.81. The van der Waals surface area contributed by atoms with Crippen LogP contribution in [0.1, 0.15) is 37.1 Å². The molecule has 1 aliphatic rings. The number of carbonyl (C=O) groups excluding carboxylic acids is 1. The first-order chi connectivity index (χ1) is 13.1. The van der Waals surface area contributed by atoms with E-state index in [2.05, 4.69) is 20.1 Å². The third-order valence-corrected chi connectivity index (χ3v) is 5.69. The Morgan fingerprint density at radius 3 is 2.78 bits per heavy atom. The zero-order chi connectivity index (χ0) is 18.8. The number of aromatic nitrogens is 3. The molecule has 138 valence electrons. The van der Waals surface area contributed by atoms with Crippen LogP contribution in [-0.2, 0) is 10.5 Å². The van der Waals surface area contributed by atoms with Crippen molar-refractivity contribution in [1.82, 2.24) is 14.8 Å². The van der Waals surface area contributed by atoms with Gasteiger partial charge in [0.15, 0.2) is 5.16 Å². The summed E-state index contributed by atoms with van der Waals surface area (Å²) in [4.78, 5) is 11.4. The number of benzene rings is 2. The van der Waals surface area contributed by atoms with Gasteiger partial charge in [0.2, 0.25) is 5.91 Å². The maximum Gasteiger partial charge on any atom is 0.221 e. The maximum absolute atomic E-state index is 11.4. The Labute approximate surface area is 167 Å². The summed E-state index contributed by atoms with van der Waals surface area (Å²) < 4.78 is 2.10. The van der Waals surface area contributed by atoms with Gasteiger partial charge in [-0.15, -0.1) is 10.2 Å². The molecule has 1 heterocycles. The van der Waals surface area contributed by atoms with E-state index in [0.717, 1.165) is 45.8 Å². The number of carbonyl (C=O) groups is 1. The van der Waals surface area contributed by atoms with Gasteiger partial charge in [-0.05, 0) is 42.7 Å². The van der Waals surface area contributed by atoms with E-state index < -0.39 is 0 Å². The minimum Gasteiger partial charge on any atom is -0.326 e. The van der Waals surface area contributed by atoms with Crippen LogP contribution in [-0.4, -0.2) is 20.7 Å². The minimum atomic E-state index is -0.0911. The fourth-order valence-electron chi connectivity index (χ4n) is 2.91. The third-order valence-electron chi connectivity index (χ3n) is 4.34. The lowest BCUT2D eigenvalue weighted by Crippen LogP contribution is -2.07. The minimum absolute atomic E-state index is 0.0911. The molecule has 2 aromatic carbocycles. The Kier molecular flexibility index (Phi) is 5.18. The Morgan fingerprint density at radius 1 is 1.22 bits per heavy atom. The second-order valence-electron chi connectivity index (χ2n) is 6.56. The standard InChI is InChI=1S/C20H19ClN4OS/c1-13(26)22-16-6-4-7-17(11-16)25-19(14-9-10-14)23-24-20(25)27-12-15-5-2-3-8-18(15)21/h2-8,11,14H,9-10,12H2,1H3,(H,22,26). The van der Waals surface area contributed by atoms with Crippen LogP contribution in [0.4, 0.5) is 5.69 Å². The number of rotatable bonds is 6. The molecule has 0 unspecified atom stereocenters. The highest BCUT2D eigenvalue weighted by Crippen LogP contribution is 2.41. The Balaban J connectivity index is 1.66. The highest BCUT2D eigenvalue weighted by molar-refractivity contribution is 7.98. The Morgan fingerprint density at radius 2 is 2.04 bits per heavy atom. The van der Waals surface area contributed by atoms with Gasteiger partial charge in [-0.3, -0.25) is 9.36 Å². The molecule has 4 rings (SSSR count). The van der Waals surface area contributed by atoms with Crippen LogP contribution < -0.4 is 5.32 Å². The lowest BCUT2D eigenvalue weighted by atomic mass is 10.2. The molecule has 1 fully saturated rings. The van der Waals surface area contributed by atoms with Crippen LogP contribution in [0, 0.1) is 0 Å². The molecule has 1 N–H and O–H groups in total. The molecule has 1 aliphatic carbocycles. The molecular formula is C20H19ClN4OS. The monoisotopic (exact) mass is 398 g/mol. The third kappa shape index (κ3) is 4.17. The summed E-state index contributed by atoms with van der Waals surface area (Å²) in [5.74, 6) is 2.06. The van der Waals surface area contributed by atoms with Crippen molar-refractivity contribution < 1.29 is 4.79 Å². The lowest BCUT2D eigenvalue weighted by molar-refractivity contribution is -0.114. The van der Waals surface area contributed by atoms with Gasteiger partial charge in [0, 0.05) is 29.3 Å². The smallest absolute Gasteiger partial charge is 0.221 e. The van der Waals surface area contributed by atoms with Crippen molar-refractivity contribution in [3.05, 3.63) is 64.9 Å². The van der Waals surface area contributed by atoms with Gasteiger partial charge >= 0.3 is 0 Å². The molecule has 0 bridgehead atoms. The summed E-state index contributed by atoms with van der Waals surface area (Å²) in [5.41, 5.74) is 2.78. The molecule has 1 amide bonds. The predicted molar refractivity (Wildman–Crippen MR) is 109 cm³/mol. The van der Waals surface area contributed by atoms with Crippen molar-refractivity contribution in [3.63, 3.8) is 0 Å². The van der Waals surface area contributed by atoms with E-state index in [1.165, 1.54) is 6.92 Å². The van der Waals surface area contributed by atoms with Crippen molar-refractivity contribution in [3.8, 4) is 5.69 Å². The summed E-state index contributed by atoms with van der Waals surface area (Å²) in [7, 11) is 0.